The van der Waals surface area contributed by atoms with Crippen molar-refractivity contribution >= 4 is 5.97 Å². The van der Waals surface area contributed by atoms with Crippen LogP contribution in [0.15, 0.2) is 0 Å². The van der Waals surface area contributed by atoms with Crippen molar-refractivity contribution in [2.24, 2.45) is 0 Å². The quantitative estimate of drug-likeness (QED) is 0.602. The number of halogens is 2. The van der Waals surface area contributed by atoms with E-state index in [2.05, 4.69) is 0 Å². The minimum atomic E-state index is -3.58. The average Bonchev–Trinajstić information content (AvgIpc) is 1.69. The van der Waals surface area contributed by atoms with E-state index in [0.717, 1.165) is 0 Å². The van der Waals surface area contributed by atoms with Crippen molar-refractivity contribution < 1.29 is 18.7 Å². The Hall–Kier alpha value is -0.670. The zero-order valence-electron chi connectivity index (χ0n) is 5.61. The summed E-state index contributed by atoms with van der Waals surface area (Å²) in [4.78, 5) is 9.27. The largest absolute Gasteiger partial charge is 0.477 e. The fraction of sp³-hybridized carbons (Fsp3) is 0.800. The molecule has 0 aromatic heterocycles. The molecule has 0 aliphatic carbocycles. The van der Waals surface area contributed by atoms with Crippen LogP contribution in [0.2, 0.25) is 0 Å². The Morgan fingerprint density at radius 1 is 1.44 bits per heavy atom. The maximum Gasteiger partial charge on any atom is 0.374 e. The third-order valence-corrected chi connectivity index (χ3v) is 0.376. The van der Waals surface area contributed by atoms with Gasteiger partial charge in [-0.15, -0.1) is 0 Å². The van der Waals surface area contributed by atoms with E-state index in [-0.39, 0.29) is 0 Å². The summed E-state index contributed by atoms with van der Waals surface area (Å²) in [5, 5.41) is 7.50. The molecule has 4 heteroatoms. The van der Waals surface area contributed by atoms with Crippen LogP contribution in [0.25, 0.3) is 0 Å². The number of carboxylic acid groups (broad SMARTS) is 1. The van der Waals surface area contributed by atoms with Gasteiger partial charge in [-0.25, -0.2) is 4.79 Å². The van der Waals surface area contributed by atoms with Gasteiger partial charge in [0, 0.05) is 6.92 Å². The highest BCUT2D eigenvalue weighted by Crippen LogP contribution is 2.09. The molecule has 0 fully saturated rings. The number of carbonyl (C=O) groups is 1. The molecule has 9 heavy (non-hydrogen) atoms. The van der Waals surface area contributed by atoms with Crippen molar-refractivity contribution in [1.82, 2.24) is 0 Å². The normalized spacial score (nSPS) is 9.44. The molecule has 0 bridgehead atoms. The van der Waals surface area contributed by atoms with E-state index in [4.69, 9.17) is 5.11 Å². The van der Waals surface area contributed by atoms with Crippen molar-refractivity contribution in [3.05, 3.63) is 0 Å². The average molecular weight is 140 g/mol. The molecule has 0 rings (SSSR count). The fourth-order valence-corrected chi connectivity index (χ4v) is 0. The van der Waals surface area contributed by atoms with Gasteiger partial charge in [-0.3, -0.25) is 0 Å². The number of aliphatic carboxylic acids is 1. The Labute approximate surface area is 52.5 Å². The lowest BCUT2D eigenvalue weighted by molar-refractivity contribution is -0.161. The second kappa shape index (κ2) is 4.23. The third kappa shape index (κ3) is 7.33. The molecular weight excluding hydrogens is 130 g/mol. The molecule has 0 atom stereocenters. The highest BCUT2D eigenvalue weighted by Gasteiger charge is 2.31. The van der Waals surface area contributed by atoms with Gasteiger partial charge in [0.15, 0.2) is 0 Å². The zero-order valence-corrected chi connectivity index (χ0v) is 5.61. The van der Waals surface area contributed by atoms with Gasteiger partial charge >= 0.3 is 11.9 Å². The Balaban J connectivity index is 0. The van der Waals surface area contributed by atoms with Gasteiger partial charge in [0.25, 0.3) is 0 Å². The first-order valence-corrected chi connectivity index (χ1v) is 2.56. The fourth-order valence-electron chi connectivity index (χ4n) is 0. The Bertz CT molecular complexity index is 85.4. The van der Waals surface area contributed by atoms with Crippen LogP contribution in [-0.2, 0) is 4.79 Å². The van der Waals surface area contributed by atoms with E-state index in [0.29, 0.717) is 6.92 Å². The van der Waals surface area contributed by atoms with Gasteiger partial charge in [0.1, 0.15) is 0 Å². The molecule has 0 aromatic carbocycles. The smallest absolute Gasteiger partial charge is 0.374 e. The zero-order chi connectivity index (χ0) is 8.08. The maximum atomic E-state index is 11.2. The van der Waals surface area contributed by atoms with Crippen LogP contribution >= 0.6 is 0 Å². The molecule has 0 radical (unpaired) electrons. The van der Waals surface area contributed by atoms with Crippen molar-refractivity contribution in [1.29, 1.82) is 0 Å². The number of hydrogen-bond donors (Lipinski definition) is 1. The van der Waals surface area contributed by atoms with Crippen LogP contribution in [0.1, 0.15) is 20.8 Å². The van der Waals surface area contributed by atoms with E-state index in [9.17, 15) is 13.6 Å². The Kier molecular flexibility index (Phi) is 5.25. The molecule has 0 unspecified atom stereocenters. The SMILES string of the molecule is CC.CC(F)(F)C(=O)O. The standard InChI is InChI=1S/C3H4F2O2.C2H6/c1-3(4,5)2(6)7;1-2/h1H3,(H,6,7);1-2H3. The van der Waals surface area contributed by atoms with Gasteiger partial charge < -0.3 is 5.11 Å². The molecule has 0 spiro atoms. The topological polar surface area (TPSA) is 37.3 Å². The molecule has 1 N–H and O–H groups in total. The minimum absolute atomic E-state index is 0.329. The van der Waals surface area contributed by atoms with Crippen molar-refractivity contribution in [2.45, 2.75) is 26.7 Å². The molecule has 0 saturated heterocycles. The summed E-state index contributed by atoms with van der Waals surface area (Å²) in [6.45, 7) is 4.33. The highest BCUT2D eigenvalue weighted by atomic mass is 19.3. The van der Waals surface area contributed by atoms with E-state index < -0.39 is 11.9 Å². The predicted molar refractivity (Wildman–Crippen MR) is 29.6 cm³/mol. The molecule has 0 aliphatic rings. The minimum Gasteiger partial charge on any atom is -0.477 e. The Morgan fingerprint density at radius 3 is 1.56 bits per heavy atom. The summed E-state index contributed by atoms with van der Waals surface area (Å²) < 4.78 is 22.5. The van der Waals surface area contributed by atoms with Crippen molar-refractivity contribution in [2.75, 3.05) is 0 Å². The van der Waals surface area contributed by atoms with Crippen LogP contribution in [-0.4, -0.2) is 17.0 Å². The summed E-state index contributed by atoms with van der Waals surface area (Å²) in [5.74, 6) is -5.67. The molecule has 0 aliphatic heterocycles. The first-order valence-electron chi connectivity index (χ1n) is 2.56. The molecule has 0 heterocycles. The lowest BCUT2D eigenvalue weighted by atomic mass is 10.4. The molecule has 2 nitrogen and oxygen atoms in total. The van der Waals surface area contributed by atoms with Gasteiger partial charge in [-0.2, -0.15) is 8.78 Å². The summed E-state index contributed by atoms with van der Waals surface area (Å²) in [6, 6.07) is 0. The second-order valence-corrected chi connectivity index (χ2v) is 1.19. The first-order chi connectivity index (χ1) is 3.94. The van der Waals surface area contributed by atoms with Crippen LogP contribution in [0.4, 0.5) is 8.78 Å². The van der Waals surface area contributed by atoms with Gasteiger partial charge in [-0.05, 0) is 0 Å². The van der Waals surface area contributed by atoms with Crippen molar-refractivity contribution in [3.63, 3.8) is 0 Å². The van der Waals surface area contributed by atoms with E-state index >= 15 is 0 Å². The molecule has 0 amide bonds. The molecule has 0 saturated carbocycles. The molecular formula is C5H10F2O2. The van der Waals surface area contributed by atoms with Gasteiger partial charge in [-0.1, -0.05) is 13.8 Å². The number of alkyl halides is 2. The highest BCUT2D eigenvalue weighted by molar-refractivity contribution is 5.74. The van der Waals surface area contributed by atoms with E-state index in [1.54, 1.807) is 0 Å². The van der Waals surface area contributed by atoms with E-state index in [1.165, 1.54) is 0 Å². The summed E-state index contributed by atoms with van der Waals surface area (Å²) in [7, 11) is 0. The van der Waals surface area contributed by atoms with Crippen molar-refractivity contribution in [3.8, 4) is 0 Å². The number of carboxylic acids is 1. The van der Waals surface area contributed by atoms with Gasteiger partial charge in [0.05, 0.1) is 0 Å². The van der Waals surface area contributed by atoms with Crippen LogP contribution in [0.5, 0.6) is 0 Å². The summed E-state index contributed by atoms with van der Waals surface area (Å²) in [5.41, 5.74) is 0. The van der Waals surface area contributed by atoms with Crippen LogP contribution < -0.4 is 0 Å². The Morgan fingerprint density at radius 2 is 1.56 bits per heavy atom. The molecule has 0 aromatic rings. The number of rotatable bonds is 1. The van der Waals surface area contributed by atoms with E-state index in [1.807, 2.05) is 13.8 Å². The summed E-state index contributed by atoms with van der Waals surface area (Å²) in [6.07, 6.45) is 0. The predicted octanol–water partition coefficient (Wildman–Crippen LogP) is 1.75. The lowest BCUT2D eigenvalue weighted by Crippen LogP contribution is -2.22. The van der Waals surface area contributed by atoms with Crippen LogP contribution in [0, 0.1) is 0 Å². The first kappa shape index (κ1) is 11.2. The monoisotopic (exact) mass is 140 g/mol. The number of hydrogen-bond acceptors (Lipinski definition) is 1. The third-order valence-electron chi connectivity index (χ3n) is 0.376. The van der Waals surface area contributed by atoms with Gasteiger partial charge in [0.2, 0.25) is 0 Å². The second-order valence-electron chi connectivity index (χ2n) is 1.19. The molecule has 56 valence electrons. The maximum absolute atomic E-state index is 11.2. The van der Waals surface area contributed by atoms with Crippen LogP contribution in [0.3, 0.4) is 0 Å². The summed E-state index contributed by atoms with van der Waals surface area (Å²) >= 11 is 0. The lowest BCUT2D eigenvalue weighted by Gasteiger charge is -1.98.